The van der Waals surface area contributed by atoms with E-state index in [9.17, 15) is 0 Å². The van der Waals surface area contributed by atoms with Crippen LogP contribution in [0.15, 0.2) is 61.1 Å². The molecule has 0 aliphatic rings. The minimum Gasteiger partial charge on any atom is -0.339 e. The van der Waals surface area contributed by atoms with Gasteiger partial charge >= 0.3 is 0 Å². The summed E-state index contributed by atoms with van der Waals surface area (Å²) in [6, 6.07) is 15.1. The molecule has 7 heteroatoms. The maximum absolute atomic E-state index is 6.06. The predicted octanol–water partition coefficient (Wildman–Crippen LogP) is 4.87. The molecule has 4 rings (SSSR count). The van der Waals surface area contributed by atoms with Crippen LogP contribution in [0.2, 0.25) is 10.0 Å². The summed E-state index contributed by atoms with van der Waals surface area (Å²) in [7, 11) is 0. The quantitative estimate of drug-likeness (QED) is 0.569. The van der Waals surface area contributed by atoms with Crippen LogP contribution in [-0.4, -0.2) is 19.7 Å². The third-order valence-corrected chi connectivity index (χ3v) is 4.29. The molecule has 0 fully saturated rings. The average molecular weight is 356 g/mol. The average Bonchev–Trinajstić information content (AvgIpc) is 3.04. The van der Waals surface area contributed by atoms with E-state index in [0.29, 0.717) is 15.9 Å². The summed E-state index contributed by atoms with van der Waals surface area (Å²) in [4.78, 5) is 8.66. The molecule has 2 heterocycles. The van der Waals surface area contributed by atoms with Gasteiger partial charge in [-0.25, -0.2) is 14.6 Å². The van der Waals surface area contributed by atoms with Gasteiger partial charge in [0.25, 0.3) is 0 Å². The molecule has 2 aromatic carbocycles. The molecule has 0 unspecified atom stereocenters. The molecular formula is C17H11Cl2N5. The number of anilines is 2. The van der Waals surface area contributed by atoms with Crippen LogP contribution in [0.25, 0.3) is 16.7 Å². The van der Waals surface area contributed by atoms with Gasteiger partial charge in [0.1, 0.15) is 12.1 Å². The lowest BCUT2D eigenvalue weighted by molar-refractivity contribution is 0.895. The monoisotopic (exact) mass is 355 g/mol. The highest BCUT2D eigenvalue weighted by Crippen LogP contribution is 2.29. The molecule has 0 bridgehead atoms. The van der Waals surface area contributed by atoms with Crippen LogP contribution in [0, 0.1) is 0 Å². The molecule has 0 radical (unpaired) electrons. The topological polar surface area (TPSA) is 55.6 Å². The molecule has 5 nitrogen and oxygen atoms in total. The molecule has 118 valence electrons. The first-order chi connectivity index (χ1) is 11.7. The number of rotatable bonds is 3. The molecule has 1 N–H and O–H groups in total. The van der Waals surface area contributed by atoms with Crippen molar-refractivity contribution < 1.29 is 0 Å². The summed E-state index contributed by atoms with van der Waals surface area (Å²) in [6.45, 7) is 0. The Balaban J connectivity index is 1.77. The highest BCUT2D eigenvalue weighted by Gasteiger charge is 2.11. The highest BCUT2D eigenvalue weighted by molar-refractivity contribution is 6.42. The van der Waals surface area contributed by atoms with Gasteiger partial charge in [-0.3, -0.25) is 0 Å². The van der Waals surface area contributed by atoms with Crippen molar-refractivity contribution in [3.8, 4) is 5.69 Å². The number of nitrogens with zero attached hydrogens (tertiary/aromatic N) is 4. The lowest BCUT2D eigenvalue weighted by Crippen LogP contribution is -1.99. The second-order valence-electron chi connectivity index (χ2n) is 5.11. The van der Waals surface area contributed by atoms with Crippen molar-refractivity contribution in [3.63, 3.8) is 0 Å². The molecule has 24 heavy (non-hydrogen) atoms. The Bertz CT molecular complexity index is 1010. The predicted molar refractivity (Wildman–Crippen MR) is 96.4 cm³/mol. The number of nitrogens with one attached hydrogen (secondary N) is 1. The van der Waals surface area contributed by atoms with E-state index in [-0.39, 0.29) is 0 Å². The SMILES string of the molecule is Clc1ccc(Nc2ncnc3c2cnn3-c2ccccc2)cc1Cl. The van der Waals surface area contributed by atoms with Gasteiger partial charge in [-0.1, -0.05) is 41.4 Å². The fourth-order valence-electron chi connectivity index (χ4n) is 2.41. The number of aromatic nitrogens is 4. The highest BCUT2D eigenvalue weighted by atomic mass is 35.5. The van der Waals surface area contributed by atoms with Crippen molar-refractivity contribution in [1.29, 1.82) is 0 Å². The van der Waals surface area contributed by atoms with Crippen molar-refractivity contribution in [1.82, 2.24) is 19.7 Å². The Kier molecular flexibility index (Phi) is 3.80. The summed E-state index contributed by atoms with van der Waals surface area (Å²) in [5.74, 6) is 0.653. The van der Waals surface area contributed by atoms with Gasteiger partial charge < -0.3 is 5.32 Å². The third kappa shape index (κ3) is 2.68. The standard InChI is InChI=1S/C17H11Cl2N5/c18-14-7-6-11(8-15(14)19)23-16-13-9-22-24(17(13)21-10-20-16)12-4-2-1-3-5-12/h1-10H,(H,20,21,23). The summed E-state index contributed by atoms with van der Waals surface area (Å²) < 4.78 is 1.77. The molecule has 0 aliphatic heterocycles. The number of hydrogen-bond acceptors (Lipinski definition) is 4. The van der Waals surface area contributed by atoms with Crippen molar-refractivity contribution in [2.45, 2.75) is 0 Å². The van der Waals surface area contributed by atoms with Gasteiger partial charge in [-0.15, -0.1) is 0 Å². The summed E-state index contributed by atoms with van der Waals surface area (Å²) >= 11 is 12.0. The maximum Gasteiger partial charge on any atom is 0.168 e. The van der Waals surface area contributed by atoms with E-state index >= 15 is 0 Å². The summed E-state index contributed by atoms with van der Waals surface area (Å²) in [5.41, 5.74) is 2.45. The minimum atomic E-state index is 0.479. The fraction of sp³-hybridized carbons (Fsp3) is 0. The van der Waals surface area contributed by atoms with Crippen molar-refractivity contribution in [3.05, 3.63) is 71.1 Å². The van der Waals surface area contributed by atoms with E-state index in [1.807, 2.05) is 36.4 Å². The summed E-state index contributed by atoms with van der Waals surface area (Å²) in [5, 5.41) is 9.46. The van der Waals surface area contributed by atoms with Gasteiger partial charge in [-0.05, 0) is 30.3 Å². The maximum atomic E-state index is 6.06. The molecule has 4 aromatic rings. The molecule has 2 aromatic heterocycles. The first kappa shape index (κ1) is 14.9. The lowest BCUT2D eigenvalue weighted by atomic mass is 10.3. The zero-order valence-electron chi connectivity index (χ0n) is 12.3. The number of fused-ring (bicyclic) bond motifs is 1. The zero-order valence-corrected chi connectivity index (χ0v) is 13.8. The van der Waals surface area contributed by atoms with Crippen LogP contribution >= 0.6 is 23.2 Å². The van der Waals surface area contributed by atoms with Gasteiger partial charge in [0, 0.05) is 5.69 Å². The normalized spacial score (nSPS) is 10.9. The van der Waals surface area contributed by atoms with E-state index in [2.05, 4.69) is 20.4 Å². The van der Waals surface area contributed by atoms with Crippen molar-refractivity contribution >= 4 is 45.7 Å². The van der Waals surface area contributed by atoms with Crippen LogP contribution in [0.5, 0.6) is 0 Å². The Labute approximate surface area is 147 Å². The van der Waals surface area contributed by atoms with Crippen LogP contribution < -0.4 is 5.32 Å². The Morgan fingerprint density at radius 1 is 0.917 bits per heavy atom. The van der Waals surface area contributed by atoms with Gasteiger partial charge in [0.05, 0.1) is 27.3 Å². The van der Waals surface area contributed by atoms with Crippen LogP contribution in [0.4, 0.5) is 11.5 Å². The summed E-state index contributed by atoms with van der Waals surface area (Å²) in [6.07, 6.45) is 3.24. The smallest absolute Gasteiger partial charge is 0.168 e. The van der Waals surface area contributed by atoms with Crippen molar-refractivity contribution in [2.75, 3.05) is 5.32 Å². The number of hydrogen-bond donors (Lipinski definition) is 1. The fourth-order valence-corrected chi connectivity index (χ4v) is 2.71. The number of benzene rings is 2. The largest absolute Gasteiger partial charge is 0.339 e. The lowest BCUT2D eigenvalue weighted by Gasteiger charge is -2.08. The van der Waals surface area contributed by atoms with E-state index in [1.165, 1.54) is 6.33 Å². The molecule has 0 aliphatic carbocycles. The van der Waals surface area contributed by atoms with Crippen LogP contribution in [0.3, 0.4) is 0 Å². The van der Waals surface area contributed by atoms with E-state index < -0.39 is 0 Å². The van der Waals surface area contributed by atoms with E-state index in [0.717, 1.165) is 22.4 Å². The van der Waals surface area contributed by atoms with E-state index in [1.54, 1.807) is 23.0 Å². The van der Waals surface area contributed by atoms with Crippen molar-refractivity contribution in [2.24, 2.45) is 0 Å². The number of para-hydroxylation sites is 1. The molecular weight excluding hydrogens is 345 g/mol. The zero-order chi connectivity index (χ0) is 16.5. The molecule has 0 spiro atoms. The van der Waals surface area contributed by atoms with Gasteiger partial charge in [-0.2, -0.15) is 5.10 Å². The Morgan fingerprint density at radius 3 is 2.54 bits per heavy atom. The first-order valence-electron chi connectivity index (χ1n) is 7.18. The second kappa shape index (κ2) is 6.11. The Morgan fingerprint density at radius 2 is 1.75 bits per heavy atom. The second-order valence-corrected chi connectivity index (χ2v) is 5.92. The molecule has 0 atom stereocenters. The van der Waals surface area contributed by atoms with Gasteiger partial charge in [0.2, 0.25) is 0 Å². The van der Waals surface area contributed by atoms with Crippen LogP contribution in [-0.2, 0) is 0 Å². The third-order valence-electron chi connectivity index (χ3n) is 3.55. The Hall–Kier alpha value is -2.63. The number of halogens is 2. The first-order valence-corrected chi connectivity index (χ1v) is 7.94. The molecule has 0 saturated heterocycles. The van der Waals surface area contributed by atoms with Gasteiger partial charge in [0.15, 0.2) is 5.65 Å². The van der Waals surface area contributed by atoms with E-state index in [4.69, 9.17) is 23.2 Å². The molecule has 0 saturated carbocycles. The van der Waals surface area contributed by atoms with Crippen LogP contribution in [0.1, 0.15) is 0 Å². The minimum absolute atomic E-state index is 0.479. The molecule has 0 amide bonds.